The van der Waals surface area contributed by atoms with E-state index in [0.717, 1.165) is 30.2 Å². The predicted molar refractivity (Wildman–Crippen MR) is 153 cm³/mol. The van der Waals surface area contributed by atoms with E-state index in [0.29, 0.717) is 56.3 Å². The van der Waals surface area contributed by atoms with Gasteiger partial charge in [-0.15, -0.1) is 0 Å². The SMILES string of the molecule is CCCCNC(=O)[C@@H](CC)N(Cc1cccc(C)c1)C(=O)CCCN(c1ccc2c(c1)OCCO2)S(C)(=O)=O. The maximum absolute atomic E-state index is 13.6. The standard InChI is InChI=1S/C29H41N3O6S/c1-5-7-15-30-29(34)25(6-2)31(21-23-11-8-10-22(3)19-23)28(33)12-9-16-32(39(4,35)36)24-13-14-26-27(20-24)38-18-17-37-26/h8,10-11,13-14,19-20,25H,5-7,9,12,15-18,21H2,1-4H3,(H,30,34)/t25-/m1/s1. The number of benzene rings is 2. The van der Waals surface area contributed by atoms with Crippen LogP contribution in [0.5, 0.6) is 11.5 Å². The van der Waals surface area contributed by atoms with E-state index >= 15 is 0 Å². The number of rotatable bonds is 14. The highest BCUT2D eigenvalue weighted by Crippen LogP contribution is 2.34. The summed E-state index contributed by atoms with van der Waals surface area (Å²) in [6.07, 6.45) is 3.84. The average molecular weight is 560 g/mol. The second-order valence-corrected chi connectivity index (χ2v) is 11.8. The zero-order chi connectivity index (χ0) is 28.4. The largest absolute Gasteiger partial charge is 0.486 e. The summed E-state index contributed by atoms with van der Waals surface area (Å²) >= 11 is 0. The van der Waals surface area contributed by atoms with Crippen LogP contribution in [0.1, 0.15) is 57.1 Å². The van der Waals surface area contributed by atoms with Gasteiger partial charge in [-0.25, -0.2) is 8.42 Å². The first-order valence-electron chi connectivity index (χ1n) is 13.6. The summed E-state index contributed by atoms with van der Waals surface area (Å²) in [6, 6.07) is 12.3. The molecule has 3 rings (SSSR count). The van der Waals surface area contributed by atoms with Crippen molar-refractivity contribution in [3.8, 4) is 11.5 Å². The molecule has 0 saturated carbocycles. The molecule has 0 aromatic heterocycles. The molecule has 1 N–H and O–H groups in total. The molecule has 1 aliphatic rings. The molecule has 0 radical (unpaired) electrons. The Hall–Kier alpha value is -3.27. The van der Waals surface area contributed by atoms with E-state index in [9.17, 15) is 18.0 Å². The van der Waals surface area contributed by atoms with Gasteiger partial charge < -0.3 is 19.7 Å². The van der Waals surface area contributed by atoms with E-state index in [2.05, 4.69) is 12.2 Å². The van der Waals surface area contributed by atoms with Crippen molar-refractivity contribution < 1.29 is 27.5 Å². The number of nitrogens with one attached hydrogen (secondary N) is 1. The highest BCUT2D eigenvalue weighted by atomic mass is 32.2. The van der Waals surface area contributed by atoms with Crippen molar-refractivity contribution in [1.82, 2.24) is 10.2 Å². The van der Waals surface area contributed by atoms with Crippen LogP contribution in [-0.2, 0) is 26.2 Å². The lowest BCUT2D eigenvalue weighted by molar-refractivity contribution is -0.141. The number of unbranched alkanes of at least 4 members (excludes halogenated alkanes) is 1. The third-order valence-electron chi connectivity index (χ3n) is 6.62. The molecular formula is C29H41N3O6S. The molecule has 10 heteroatoms. The summed E-state index contributed by atoms with van der Waals surface area (Å²) in [6.45, 7) is 7.76. The number of amides is 2. The molecule has 2 aromatic rings. The van der Waals surface area contributed by atoms with Crippen LogP contribution >= 0.6 is 0 Å². The topological polar surface area (TPSA) is 105 Å². The maximum Gasteiger partial charge on any atom is 0.242 e. The minimum Gasteiger partial charge on any atom is -0.486 e. The zero-order valence-corrected chi connectivity index (χ0v) is 24.3. The molecule has 2 aromatic carbocycles. The highest BCUT2D eigenvalue weighted by molar-refractivity contribution is 7.92. The van der Waals surface area contributed by atoms with Gasteiger partial charge in [-0.05, 0) is 43.9 Å². The van der Waals surface area contributed by atoms with Crippen molar-refractivity contribution in [3.05, 3.63) is 53.6 Å². The molecule has 214 valence electrons. The van der Waals surface area contributed by atoms with Crippen LogP contribution in [0.3, 0.4) is 0 Å². The number of aryl methyl sites for hydroxylation is 1. The first-order valence-corrected chi connectivity index (χ1v) is 15.5. The van der Waals surface area contributed by atoms with Crippen molar-refractivity contribution in [2.45, 2.75) is 65.5 Å². The van der Waals surface area contributed by atoms with Gasteiger partial charge in [0.25, 0.3) is 0 Å². The van der Waals surface area contributed by atoms with Gasteiger partial charge in [0.2, 0.25) is 21.8 Å². The Labute approximate surface area is 232 Å². The Morgan fingerprint density at radius 1 is 1.03 bits per heavy atom. The Morgan fingerprint density at radius 3 is 2.44 bits per heavy atom. The van der Waals surface area contributed by atoms with Crippen LogP contribution in [0.15, 0.2) is 42.5 Å². The van der Waals surface area contributed by atoms with Crippen LogP contribution in [0, 0.1) is 6.92 Å². The van der Waals surface area contributed by atoms with Gasteiger partial charge >= 0.3 is 0 Å². The quantitative estimate of drug-likeness (QED) is 0.351. The molecular weight excluding hydrogens is 518 g/mol. The first kappa shape index (κ1) is 30.3. The van der Waals surface area contributed by atoms with Crippen molar-refractivity contribution in [3.63, 3.8) is 0 Å². The number of anilines is 1. The van der Waals surface area contributed by atoms with Crippen LogP contribution in [0.2, 0.25) is 0 Å². The zero-order valence-electron chi connectivity index (χ0n) is 23.4. The molecule has 1 heterocycles. The number of nitrogens with zero attached hydrogens (tertiary/aromatic N) is 2. The highest BCUT2D eigenvalue weighted by Gasteiger charge is 2.29. The number of fused-ring (bicyclic) bond motifs is 1. The molecule has 0 bridgehead atoms. The lowest BCUT2D eigenvalue weighted by atomic mass is 10.1. The van der Waals surface area contributed by atoms with Crippen molar-refractivity contribution in [2.24, 2.45) is 0 Å². The van der Waals surface area contributed by atoms with Crippen molar-refractivity contribution in [2.75, 3.05) is 36.9 Å². The van der Waals surface area contributed by atoms with Crippen LogP contribution in [0.25, 0.3) is 0 Å². The number of hydrogen-bond acceptors (Lipinski definition) is 6. The fourth-order valence-electron chi connectivity index (χ4n) is 4.62. The smallest absolute Gasteiger partial charge is 0.242 e. The summed E-state index contributed by atoms with van der Waals surface area (Å²) in [5, 5.41) is 2.97. The lowest BCUT2D eigenvalue weighted by Crippen LogP contribution is -2.49. The summed E-state index contributed by atoms with van der Waals surface area (Å²) in [5.74, 6) is 0.710. The molecule has 2 amide bonds. The van der Waals surface area contributed by atoms with Gasteiger partial charge in [-0.2, -0.15) is 0 Å². The number of carbonyl (C=O) groups is 2. The van der Waals surface area contributed by atoms with Crippen LogP contribution < -0.4 is 19.1 Å². The minimum absolute atomic E-state index is 0.0983. The van der Waals surface area contributed by atoms with E-state index in [1.54, 1.807) is 23.1 Å². The normalized spacial score (nSPS) is 13.4. The third-order valence-corrected chi connectivity index (χ3v) is 7.81. The third kappa shape index (κ3) is 8.61. The average Bonchev–Trinajstić information content (AvgIpc) is 2.90. The van der Waals surface area contributed by atoms with E-state index in [1.807, 2.05) is 38.1 Å². The van der Waals surface area contributed by atoms with Gasteiger partial charge in [0.05, 0.1) is 11.9 Å². The molecule has 0 aliphatic carbocycles. The van der Waals surface area contributed by atoms with Crippen LogP contribution in [-0.4, -0.2) is 63.7 Å². The number of ether oxygens (including phenoxy) is 2. The summed E-state index contributed by atoms with van der Waals surface area (Å²) in [7, 11) is -3.62. The Bertz CT molecular complexity index is 1230. The maximum atomic E-state index is 13.6. The van der Waals surface area contributed by atoms with Gasteiger partial charge in [-0.1, -0.05) is 50.1 Å². The Balaban J connectivity index is 1.75. The monoisotopic (exact) mass is 559 g/mol. The molecule has 0 spiro atoms. The summed E-state index contributed by atoms with van der Waals surface area (Å²) < 4.78 is 37.8. The predicted octanol–water partition coefficient (Wildman–Crippen LogP) is 4.04. The van der Waals surface area contributed by atoms with Gasteiger partial charge in [0.1, 0.15) is 19.3 Å². The summed E-state index contributed by atoms with van der Waals surface area (Å²) in [4.78, 5) is 28.3. The first-order chi connectivity index (χ1) is 18.6. The molecule has 0 fully saturated rings. The Morgan fingerprint density at radius 2 is 1.77 bits per heavy atom. The number of sulfonamides is 1. The van der Waals surface area contributed by atoms with Crippen molar-refractivity contribution >= 4 is 27.5 Å². The summed E-state index contributed by atoms with van der Waals surface area (Å²) in [5.41, 5.74) is 2.47. The number of carbonyl (C=O) groups excluding carboxylic acids is 2. The second kappa shape index (κ2) is 14.2. The molecule has 0 unspecified atom stereocenters. The molecule has 9 nitrogen and oxygen atoms in total. The van der Waals surface area contributed by atoms with E-state index in [1.165, 1.54) is 4.31 Å². The molecule has 39 heavy (non-hydrogen) atoms. The van der Waals surface area contributed by atoms with Crippen molar-refractivity contribution in [1.29, 1.82) is 0 Å². The van der Waals surface area contributed by atoms with E-state index in [-0.39, 0.29) is 24.8 Å². The van der Waals surface area contributed by atoms with E-state index in [4.69, 9.17) is 9.47 Å². The minimum atomic E-state index is -3.62. The Kier molecular flexibility index (Phi) is 11.0. The second-order valence-electron chi connectivity index (χ2n) is 9.85. The lowest BCUT2D eigenvalue weighted by Gasteiger charge is -2.31. The number of hydrogen-bond donors (Lipinski definition) is 1. The van der Waals surface area contributed by atoms with Gasteiger partial charge in [0.15, 0.2) is 11.5 Å². The fourth-order valence-corrected chi connectivity index (χ4v) is 5.58. The molecule has 1 atom stereocenters. The van der Waals surface area contributed by atoms with Crippen LogP contribution in [0.4, 0.5) is 5.69 Å². The van der Waals surface area contributed by atoms with Gasteiger partial charge in [0, 0.05) is 32.1 Å². The van der Waals surface area contributed by atoms with Gasteiger partial charge in [-0.3, -0.25) is 13.9 Å². The van der Waals surface area contributed by atoms with E-state index < -0.39 is 16.1 Å². The molecule has 0 saturated heterocycles. The fraction of sp³-hybridized carbons (Fsp3) is 0.517. The molecule has 1 aliphatic heterocycles.